The Morgan fingerprint density at radius 3 is 2.94 bits per heavy atom. The smallest absolute Gasteiger partial charge is 0.273 e. The van der Waals surface area contributed by atoms with E-state index in [0.29, 0.717) is 11.8 Å². The molecule has 1 aliphatic rings. The average molecular weight is 240 g/mol. The first kappa shape index (κ1) is 11.5. The van der Waals surface area contributed by atoms with Crippen LogP contribution in [-0.4, -0.2) is 41.6 Å². The van der Waals surface area contributed by atoms with Crippen molar-refractivity contribution < 1.29 is 9.53 Å². The zero-order valence-electron chi connectivity index (χ0n) is 9.39. The van der Waals surface area contributed by atoms with Gasteiger partial charge in [-0.2, -0.15) is 0 Å². The summed E-state index contributed by atoms with van der Waals surface area (Å²) in [6.45, 7) is 4.32. The first-order valence-corrected chi connectivity index (χ1v) is 6.54. The lowest BCUT2D eigenvalue weighted by molar-refractivity contribution is 0.0144. The minimum atomic E-state index is 0.0520. The average Bonchev–Trinajstić information content (AvgIpc) is 2.83. The number of piperidine rings is 1. The van der Waals surface area contributed by atoms with Gasteiger partial charge in [0.25, 0.3) is 5.91 Å². The molecule has 1 aromatic rings. The summed E-state index contributed by atoms with van der Waals surface area (Å²) < 4.78 is 5.55. The Morgan fingerprint density at radius 2 is 2.38 bits per heavy atom. The first-order chi connectivity index (χ1) is 7.81. The maximum Gasteiger partial charge on any atom is 0.273 e. The highest BCUT2D eigenvalue weighted by atomic mass is 32.1. The van der Waals surface area contributed by atoms with Crippen LogP contribution in [0, 0.1) is 0 Å². The fourth-order valence-electron chi connectivity index (χ4n) is 1.94. The zero-order chi connectivity index (χ0) is 11.4. The van der Waals surface area contributed by atoms with Crippen molar-refractivity contribution in [2.45, 2.75) is 25.9 Å². The second kappa shape index (κ2) is 5.41. The van der Waals surface area contributed by atoms with Crippen molar-refractivity contribution in [3.05, 3.63) is 16.6 Å². The third kappa shape index (κ3) is 2.59. The molecular weight excluding hydrogens is 224 g/mol. The highest BCUT2D eigenvalue weighted by Gasteiger charge is 2.24. The van der Waals surface area contributed by atoms with E-state index in [1.54, 1.807) is 10.9 Å². The van der Waals surface area contributed by atoms with E-state index >= 15 is 0 Å². The molecule has 0 N–H and O–H groups in total. The number of hydrogen-bond acceptors (Lipinski definition) is 4. The molecular formula is C11H16N2O2S. The Morgan fingerprint density at radius 1 is 1.62 bits per heavy atom. The monoisotopic (exact) mass is 240 g/mol. The Labute approximate surface area is 99.2 Å². The molecule has 2 heterocycles. The number of likely N-dealkylation sites (tertiary alicyclic amines) is 1. The Balaban J connectivity index is 1.87. The van der Waals surface area contributed by atoms with E-state index in [4.69, 9.17) is 4.74 Å². The van der Waals surface area contributed by atoms with Crippen molar-refractivity contribution in [2.75, 3.05) is 19.7 Å². The molecule has 1 fully saturated rings. The minimum Gasteiger partial charge on any atom is -0.378 e. The number of ether oxygens (including phenoxy) is 1. The molecule has 0 unspecified atom stereocenters. The second-order valence-electron chi connectivity index (χ2n) is 3.82. The van der Waals surface area contributed by atoms with Gasteiger partial charge in [-0.05, 0) is 19.8 Å². The molecule has 4 nitrogen and oxygen atoms in total. The second-order valence-corrected chi connectivity index (χ2v) is 4.54. The number of nitrogens with zero attached hydrogens (tertiary/aromatic N) is 2. The molecule has 0 bridgehead atoms. The van der Waals surface area contributed by atoms with Crippen LogP contribution in [0.5, 0.6) is 0 Å². The summed E-state index contributed by atoms with van der Waals surface area (Å²) in [5.74, 6) is 0.0520. The van der Waals surface area contributed by atoms with Crippen LogP contribution in [-0.2, 0) is 4.74 Å². The molecule has 0 spiro atoms. The topological polar surface area (TPSA) is 42.4 Å². The van der Waals surface area contributed by atoms with Gasteiger partial charge in [-0.15, -0.1) is 11.3 Å². The normalized spacial score (nSPS) is 17.7. The summed E-state index contributed by atoms with van der Waals surface area (Å²) in [6, 6.07) is 0. The van der Waals surface area contributed by atoms with E-state index in [0.717, 1.165) is 32.5 Å². The third-order valence-electron chi connectivity index (χ3n) is 2.78. The van der Waals surface area contributed by atoms with Crippen LogP contribution in [0.3, 0.4) is 0 Å². The van der Waals surface area contributed by atoms with Crippen LogP contribution in [0.1, 0.15) is 30.3 Å². The molecule has 0 saturated carbocycles. The summed E-state index contributed by atoms with van der Waals surface area (Å²) in [4.78, 5) is 17.9. The molecule has 16 heavy (non-hydrogen) atoms. The van der Waals surface area contributed by atoms with E-state index in [1.807, 2.05) is 11.8 Å². The van der Waals surface area contributed by atoms with Crippen molar-refractivity contribution in [3.8, 4) is 0 Å². The largest absolute Gasteiger partial charge is 0.378 e. The Hall–Kier alpha value is -0.940. The van der Waals surface area contributed by atoms with Gasteiger partial charge in [0.2, 0.25) is 0 Å². The van der Waals surface area contributed by atoms with Gasteiger partial charge in [-0.3, -0.25) is 4.79 Å². The van der Waals surface area contributed by atoms with Crippen LogP contribution in [0.15, 0.2) is 10.9 Å². The molecule has 1 amide bonds. The Bertz CT molecular complexity index is 332. The first-order valence-electron chi connectivity index (χ1n) is 5.60. The van der Waals surface area contributed by atoms with Gasteiger partial charge in [0.1, 0.15) is 5.69 Å². The van der Waals surface area contributed by atoms with E-state index < -0.39 is 0 Å². The lowest BCUT2D eigenvalue weighted by Gasteiger charge is -2.31. The van der Waals surface area contributed by atoms with Crippen molar-refractivity contribution in [1.82, 2.24) is 9.88 Å². The van der Waals surface area contributed by atoms with Crippen molar-refractivity contribution >= 4 is 17.2 Å². The maximum atomic E-state index is 12.0. The molecule has 0 aromatic carbocycles. The number of carbonyl (C=O) groups excluding carboxylic acids is 1. The molecule has 1 aromatic heterocycles. The quantitative estimate of drug-likeness (QED) is 0.809. The van der Waals surface area contributed by atoms with Crippen molar-refractivity contribution in [1.29, 1.82) is 0 Å². The molecule has 0 atom stereocenters. The lowest BCUT2D eigenvalue weighted by atomic mass is 10.1. The van der Waals surface area contributed by atoms with Crippen LogP contribution in [0.25, 0.3) is 0 Å². The predicted octanol–water partition coefficient (Wildman–Crippen LogP) is 1.78. The van der Waals surface area contributed by atoms with Gasteiger partial charge in [-0.25, -0.2) is 4.98 Å². The highest BCUT2D eigenvalue weighted by molar-refractivity contribution is 7.07. The van der Waals surface area contributed by atoms with Crippen LogP contribution >= 0.6 is 11.3 Å². The third-order valence-corrected chi connectivity index (χ3v) is 3.37. The van der Waals surface area contributed by atoms with Gasteiger partial charge in [-0.1, -0.05) is 0 Å². The number of rotatable bonds is 3. The fraction of sp³-hybridized carbons (Fsp3) is 0.636. The highest BCUT2D eigenvalue weighted by Crippen LogP contribution is 2.16. The number of carbonyl (C=O) groups is 1. The molecule has 88 valence electrons. The predicted molar refractivity (Wildman–Crippen MR) is 62.7 cm³/mol. The summed E-state index contributed by atoms with van der Waals surface area (Å²) in [7, 11) is 0. The summed E-state index contributed by atoms with van der Waals surface area (Å²) in [5.41, 5.74) is 2.26. The SMILES string of the molecule is CCOC1CCN(C(=O)c2cscn2)CC1. The molecule has 1 aliphatic heterocycles. The number of amides is 1. The number of thiazole rings is 1. The van der Waals surface area contributed by atoms with Gasteiger partial charge >= 0.3 is 0 Å². The van der Waals surface area contributed by atoms with Gasteiger partial charge in [0.05, 0.1) is 11.6 Å². The van der Waals surface area contributed by atoms with Crippen LogP contribution in [0.2, 0.25) is 0 Å². The molecule has 0 aliphatic carbocycles. The summed E-state index contributed by atoms with van der Waals surface area (Å²) >= 11 is 1.46. The van der Waals surface area contributed by atoms with Crippen LogP contribution < -0.4 is 0 Å². The van der Waals surface area contributed by atoms with Crippen LogP contribution in [0.4, 0.5) is 0 Å². The lowest BCUT2D eigenvalue weighted by Crippen LogP contribution is -2.41. The van der Waals surface area contributed by atoms with Gasteiger partial charge in [0.15, 0.2) is 0 Å². The van der Waals surface area contributed by atoms with Gasteiger partial charge in [0, 0.05) is 25.1 Å². The van der Waals surface area contributed by atoms with E-state index in [9.17, 15) is 4.79 Å². The zero-order valence-corrected chi connectivity index (χ0v) is 10.2. The minimum absolute atomic E-state index is 0.0520. The summed E-state index contributed by atoms with van der Waals surface area (Å²) in [5, 5.41) is 1.80. The fourth-order valence-corrected chi connectivity index (χ4v) is 2.47. The molecule has 2 rings (SSSR count). The van der Waals surface area contributed by atoms with E-state index in [-0.39, 0.29) is 5.91 Å². The van der Waals surface area contributed by atoms with Gasteiger partial charge < -0.3 is 9.64 Å². The molecule has 1 saturated heterocycles. The summed E-state index contributed by atoms with van der Waals surface area (Å²) in [6.07, 6.45) is 2.19. The van der Waals surface area contributed by atoms with Crippen molar-refractivity contribution in [3.63, 3.8) is 0 Å². The number of hydrogen-bond donors (Lipinski definition) is 0. The standard InChI is InChI=1S/C11H16N2O2S/c1-2-15-9-3-5-13(6-4-9)11(14)10-7-16-8-12-10/h7-9H,2-6H2,1H3. The van der Waals surface area contributed by atoms with E-state index in [2.05, 4.69) is 4.98 Å². The Kier molecular flexibility index (Phi) is 3.90. The molecule has 0 radical (unpaired) electrons. The number of aromatic nitrogens is 1. The van der Waals surface area contributed by atoms with E-state index in [1.165, 1.54) is 11.3 Å². The van der Waals surface area contributed by atoms with Crippen molar-refractivity contribution in [2.24, 2.45) is 0 Å². The molecule has 5 heteroatoms. The maximum absolute atomic E-state index is 12.0.